The number of nitrogens with one attached hydrogen (secondary N) is 2. The van der Waals surface area contributed by atoms with Crippen LogP contribution in [-0.4, -0.2) is 68.1 Å². The molecule has 39 heavy (non-hydrogen) atoms. The van der Waals surface area contributed by atoms with E-state index in [9.17, 15) is 9.59 Å². The van der Waals surface area contributed by atoms with Gasteiger partial charge in [0, 0.05) is 42.3 Å². The number of rotatable bonds is 5. The Balaban J connectivity index is 1.33. The van der Waals surface area contributed by atoms with E-state index in [1.54, 1.807) is 30.7 Å². The summed E-state index contributed by atoms with van der Waals surface area (Å²) < 4.78 is 5.68. The Morgan fingerprint density at radius 2 is 1.95 bits per heavy atom. The highest BCUT2D eigenvalue weighted by atomic mass is 16.5. The predicted octanol–water partition coefficient (Wildman–Crippen LogP) is 2.79. The average Bonchev–Trinajstić information content (AvgIpc) is 2.97. The lowest BCUT2D eigenvalue weighted by Crippen LogP contribution is -2.45. The third kappa shape index (κ3) is 5.21. The molecule has 11 nitrogen and oxygen atoms in total. The molecule has 11 heteroatoms. The number of H-pyrrole nitrogens is 1. The van der Waals surface area contributed by atoms with Crippen molar-refractivity contribution < 1.29 is 9.53 Å². The van der Waals surface area contributed by atoms with Crippen molar-refractivity contribution >= 4 is 23.2 Å². The van der Waals surface area contributed by atoms with Gasteiger partial charge < -0.3 is 24.8 Å². The highest BCUT2D eigenvalue weighted by Crippen LogP contribution is 2.32. The van der Waals surface area contributed by atoms with E-state index in [2.05, 4.69) is 32.1 Å². The van der Waals surface area contributed by atoms with Gasteiger partial charge in [-0.3, -0.25) is 19.6 Å². The van der Waals surface area contributed by atoms with Crippen LogP contribution in [0.25, 0.3) is 11.4 Å². The zero-order valence-corrected chi connectivity index (χ0v) is 21.5. The van der Waals surface area contributed by atoms with E-state index in [1.807, 2.05) is 29.2 Å². The number of pyridine rings is 1. The summed E-state index contributed by atoms with van der Waals surface area (Å²) in [6.07, 6.45) is 6.71. The van der Waals surface area contributed by atoms with Crippen molar-refractivity contribution in [3.63, 3.8) is 0 Å². The van der Waals surface area contributed by atoms with Gasteiger partial charge in [-0.05, 0) is 49.7 Å². The molecule has 5 heterocycles. The fraction of sp³-hybridized carbons (Fsp3) is 0.286. The smallest absolute Gasteiger partial charge is 0.267 e. The van der Waals surface area contributed by atoms with Crippen molar-refractivity contribution in [2.45, 2.75) is 25.9 Å². The van der Waals surface area contributed by atoms with Gasteiger partial charge in [0.1, 0.15) is 11.6 Å². The van der Waals surface area contributed by atoms with Crippen LogP contribution in [0.15, 0.2) is 66.0 Å². The summed E-state index contributed by atoms with van der Waals surface area (Å²) in [4.78, 5) is 49.6. The van der Waals surface area contributed by atoms with Gasteiger partial charge in [-0.1, -0.05) is 0 Å². The second-order valence-corrected chi connectivity index (χ2v) is 9.64. The number of aromatic nitrogens is 5. The lowest BCUT2D eigenvalue weighted by molar-refractivity contribution is 0.0731. The molecule has 2 aliphatic rings. The first kappa shape index (κ1) is 24.7. The number of benzene rings is 1. The number of amides is 1. The summed E-state index contributed by atoms with van der Waals surface area (Å²) in [6.45, 7) is 5.15. The number of ether oxygens (including phenoxy) is 1. The second kappa shape index (κ2) is 10.6. The van der Waals surface area contributed by atoms with Crippen LogP contribution in [0.4, 0.5) is 17.3 Å². The first-order chi connectivity index (χ1) is 19.0. The summed E-state index contributed by atoms with van der Waals surface area (Å²) in [5.41, 5.74) is 3.86. The number of morpholine rings is 1. The van der Waals surface area contributed by atoms with Crippen molar-refractivity contribution in [1.82, 2.24) is 29.8 Å². The van der Waals surface area contributed by atoms with Crippen LogP contribution < -0.4 is 15.8 Å². The van der Waals surface area contributed by atoms with Crippen molar-refractivity contribution in [2.24, 2.45) is 0 Å². The number of hydrogen-bond donors (Lipinski definition) is 2. The third-order valence-electron chi connectivity index (χ3n) is 6.95. The minimum atomic E-state index is -0.278. The topological polar surface area (TPSA) is 129 Å². The molecule has 3 aromatic heterocycles. The van der Waals surface area contributed by atoms with Gasteiger partial charge in [0.15, 0.2) is 5.82 Å². The molecule has 1 fully saturated rings. The number of nitrogens with zero attached hydrogens (tertiary/aromatic N) is 6. The molecule has 0 spiro atoms. The number of anilines is 3. The number of aromatic amines is 1. The number of carbonyl (C=O) groups excluding carboxylic acids is 1. The SMILES string of the molecule is C[C@H]1COCCN1c1nc(-c2ccc(Nc3cncc(=O)[nH]3)cc2)nc2c1CCN(C(=O)c1cccnc1)C2. The van der Waals surface area contributed by atoms with Crippen molar-refractivity contribution in [2.75, 3.05) is 36.5 Å². The first-order valence-corrected chi connectivity index (χ1v) is 12.9. The molecule has 1 amide bonds. The highest BCUT2D eigenvalue weighted by Gasteiger charge is 2.30. The van der Waals surface area contributed by atoms with Crippen molar-refractivity contribution in [1.29, 1.82) is 0 Å². The zero-order chi connectivity index (χ0) is 26.8. The van der Waals surface area contributed by atoms with Crippen LogP contribution in [0.3, 0.4) is 0 Å². The molecule has 0 bridgehead atoms. The second-order valence-electron chi connectivity index (χ2n) is 9.64. The van der Waals surface area contributed by atoms with Gasteiger partial charge >= 0.3 is 0 Å². The molecule has 1 saturated heterocycles. The van der Waals surface area contributed by atoms with Crippen LogP contribution >= 0.6 is 0 Å². The maximum atomic E-state index is 13.2. The normalized spacial score (nSPS) is 17.0. The standard InChI is InChI=1S/C28H28N8O3/c1-18-17-39-12-11-36(18)27-22-8-10-35(28(38)20-3-2-9-29-13-20)16-23(22)32-26(34-27)19-4-6-21(7-5-19)31-24-14-30-15-25(37)33-24/h2-7,9,13-15,18H,8,10-12,16-17H2,1H3,(H2,31,33,37)/t18-/m0/s1. The van der Waals surface area contributed by atoms with E-state index in [0.717, 1.165) is 34.9 Å². The fourth-order valence-electron chi connectivity index (χ4n) is 4.96. The van der Waals surface area contributed by atoms with Gasteiger partial charge in [-0.15, -0.1) is 0 Å². The largest absolute Gasteiger partial charge is 0.377 e. The van der Waals surface area contributed by atoms with Crippen LogP contribution in [0, 0.1) is 0 Å². The van der Waals surface area contributed by atoms with Crippen LogP contribution in [0.1, 0.15) is 28.5 Å². The van der Waals surface area contributed by atoms with Gasteiger partial charge in [-0.25, -0.2) is 9.97 Å². The van der Waals surface area contributed by atoms with Crippen LogP contribution in [-0.2, 0) is 17.7 Å². The minimum absolute atomic E-state index is 0.0564. The molecule has 1 atom stereocenters. The lowest BCUT2D eigenvalue weighted by atomic mass is 10.0. The Hall–Kier alpha value is -4.64. The van der Waals surface area contributed by atoms with E-state index in [4.69, 9.17) is 14.7 Å². The molecular weight excluding hydrogens is 496 g/mol. The number of fused-ring (bicyclic) bond motifs is 1. The molecule has 2 N–H and O–H groups in total. The summed E-state index contributed by atoms with van der Waals surface area (Å²) in [5.74, 6) is 1.95. The van der Waals surface area contributed by atoms with E-state index >= 15 is 0 Å². The van der Waals surface area contributed by atoms with E-state index in [0.29, 0.717) is 49.9 Å². The molecule has 0 aliphatic carbocycles. The maximum absolute atomic E-state index is 13.2. The first-order valence-electron chi connectivity index (χ1n) is 12.9. The van der Waals surface area contributed by atoms with Gasteiger partial charge in [0.25, 0.3) is 11.5 Å². The number of carbonyl (C=O) groups is 1. The monoisotopic (exact) mass is 524 g/mol. The maximum Gasteiger partial charge on any atom is 0.267 e. The summed E-state index contributed by atoms with van der Waals surface area (Å²) >= 11 is 0. The molecular formula is C28H28N8O3. The summed E-state index contributed by atoms with van der Waals surface area (Å²) in [7, 11) is 0. The van der Waals surface area contributed by atoms with Gasteiger partial charge in [0.2, 0.25) is 0 Å². The van der Waals surface area contributed by atoms with Gasteiger partial charge in [-0.2, -0.15) is 0 Å². The Bertz CT molecular complexity index is 1540. The molecule has 6 rings (SSSR count). The summed E-state index contributed by atoms with van der Waals surface area (Å²) in [6, 6.07) is 11.4. The zero-order valence-electron chi connectivity index (χ0n) is 21.5. The van der Waals surface area contributed by atoms with E-state index in [1.165, 1.54) is 6.20 Å². The minimum Gasteiger partial charge on any atom is -0.377 e. The molecule has 198 valence electrons. The molecule has 0 radical (unpaired) electrons. The Morgan fingerprint density at radius 3 is 2.72 bits per heavy atom. The third-order valence-corrected chi connectivity index (χ3v) is 6.95. The molecule has 4 aromatic rings. The predicted molar refractivity (Wildman–Crippen MR) is 146 cm³/mol. The Labute approximate surface area is 224 Å². The van der Waals surface area contributed by atoms with E-state index < -0.39 is 0 Å². The molecule has 0 saturated carbocycles. The lowest BCUT2D eigenvalue weighted by Gasteiger charge is -2.37. The Kier molecular flexibility index (Phi) is 6.72. The fourth-order valence-corrected chi connectivity index (χ4v) is 4.96. The van der Waals surface area contributed by atoms with Crippen molar-refractivity contribution in [3.05, 3.63) is 88.4 Å². The molecule has 1 aromatic carbocycles. The highest BCUT2D eigenvalue weighted by molar-refractivity contribution is 5.94. The van der Waals surface area contributed by atoms with Crippen LogP contribution in [0.5, 0.6) is 0 Å². The number of hydrogen-bond acceptors (Lipinski definition) is 9. The molecule has 2 aliphatic heterocycles. The van der Waals surface area contributed by atoms with Crippen molar-refractivity contribution in [3.8, 4) is 11.4 Å². The summed E-state index contributed by atoms with van der Waals surface area (Å²) in [5, 5.41) is 3.15. The molecule has 0 unspecified atom stereocenters. The van der Waals surface area contributed by atoms with Gasteiger partial charge in [0.05, 0.1) is 49.5 Å². The quantitative estimate of drug-likeness (QED) is 0.405. The van der Waals surface area contributed by atoms with Crippen LogP contribution in [0.2, 0.25) is 0 Å². The Morgan fingerprint density at radius 1 is 1.08 bits per heavy atom. The average molecular weight is 525 g/mol. The van der Waals surface area contributed by atoms with E-state index in [-0.39, 0.29) is 17.5 Å².